The summed E-state index contributed by atoms with van der Waals surface area (Å²) in [6.45, 7) is 3.33. The van der Waals surface area contributed by atoms with Gasteiger partial charge >= 0.3 is 0 Å². The highest BCUT2D eigenvalue weighted by Gasteiger charge is 2.38. The summed E-state index contributed by atoms with van der Waals surface area (Å²) in [7, 11) is -0.933. The normalized spacial score (nSPS) is 19.7. The minimum absolute atomic E-state index is 0.0254. The van der Waals surface area contributed by atoms with E-state index in [1.165, 1.54) is 32.9 Å². The number of alkyl halides is 1. The Kier molecular flexibility index (Phi) is 7.55. The summed E-state index contributed by atoms with van der Waals surface area (Å²) in [4.78, 5) is 16.7. The van der Waals surface area contributed by atoms with E-state index in [0.29, 0.717) is 35.1 Å². The van der Waals surface area contributed by atoms with Crippen molar-refractivity contribution in [3.8, 4) is 11.6 Å². The van der Waals surface area contributed by atoms with Crippen molar-refractivity contribution < 1.29 is 17.9 Å². The van der Waals surface area contributed by atoms with Crippen molar-refractivity contribution in [2.24, 2.45) is 0 Å². The van der Waals surface area contributed by atoms with Gasteiger partial charge in [0.15, 0.2) is 21.5 Å². The maximum atomic E-state index is 13.6. The van der Waals surface area contributed by atoms with E-state index in [0.717, 1.165) is 0 Å². The number of sulfone groups is 1. The van der Waals surface area contributed by atoms with Gasteiger partial charge in [0.2, 0.25) is 5.88 Å². The van der Waals surface area contributed by atoms with Crippen molar-refractivity contribution in [2.45, 2.75) is 55.1 Å². The number of ether oxygens (including phenoxy) is 2. The van der Waals surface area contributed by atoms with Crippen LogP contribution in [0.15, 0.2) is 18.7 Å². The first kappa shape index (κ1) is 25.7. The van der Waals surface area contributed by atoms with Gasteiger partial charge in [-0.2, -0.15) is 4.98 Å². The van der Waals surface area contributed by atoms with Gasteiger partial charge in [0.25, 0.3) is 0 Å². The van der Waals surface area contributed by atoms with Gasteiger partial charge in [-0.25, -0.2) is 23.4 Å². The second-order valence-electron chi connectivity index (χ2n) is 8.32. The summed E-state index contributed by atoms with van der Waals surface area (Å²) in [5, 5.41) is 8.00. The molecule has 0 radical (unpaired) electrons. The molecule has 1 aliphatic carbocycles. The molecule has 188 valence electrons. The molecule has 3 aromatic rings. The lowest BCUT2D eigenvalue weighted by Gasteiger charge is -2.30. The van der Waals surface area contributed by atoms with Crippen LogP contribution in [0.25, 0.3) is 5.69 Å². The van der Waals surface area contributed by atoms with Gasteiger partial charge in [0.05, 0.1) is 23.1 Å². The van der Waals surface area contributed by atoms with Crippen molar-refractivity contribution in [2.75, 3.05) is 14.2 Å². The number of aryl methyl sites for hydroxylation is 1. The molecule has 0 aromatic carbocycles. The van der Waals surface area contributed by atoms with Crippen LogP contribution < -0.4 is 4.74 Å². The fraction of sp³-hybridized carbons (Fsp3) is 0.524. The highest BCUT2D eigenvalue weighted by Crippen LogP contribution is 2.41. The van der Waals surface area contributed by atoms with E-state index in [1.807, 2.05) is 0 Å². The van der Waals surface area contributed by atoms with E-state index in [1.54, 1.807) is 18.4 Å². The number of rotatable bonds is 9. The Balaban J connectivity index is 1.74. The summed E-state index contributed by atoms with van der Waals surface area (Å²) >= 11 is 12.1. The van der Waals surface area contributed by atoms with Crippen LogP contribution in [0.4, 0.5) is 0 Å². The third kappa shape index (κ3) is 5.11. The molecule has 1 saturated carbocycles. The minimum Gasteiger partial charge on any atom is -0.479 e. The predicted molar refractivity (Wildman–Crippen MR) is 129 cm³/mol. The molecule has 0 saturated heterocycles. The Morgan fingerprint density at radius 2 is 1.83 bits per heavy atom. The molecule has 4 rings (SSSR count). The van der Waals surface area contributed by atoms with Crippen LogP contribution in [0.5, 0.6) is 5.88 Å². The number of hydrogen-bond acceptors (Lipinski definition) is 10. The lowest BCUT2D eigenvalue weighted by atomic mass is 9.84. The first-order valence-corrected chi connectivity index (χ1v) is 13.3. The molecule has 0 spiro atoms. The van der Waals surface area contributed by atoms with Crippen LogP contribution in [-0.2, 0) is 20.3 Å². The average molecular weight is 542 g/mol. The molecular formula is C21H25Cl2N7O4S. The van der Waals surface area contributed by atoms with Crippen molar-refractivity contribution in [1.82, 2.24) is 34.7 Å². The smallest absolute Gasteiger partial charge is 0.241 e. The largest absolute Gasteiger partial charge is 0.479 e. The molecule has 0 N–H and O–H groups in total. The van der Waals surface area contributed by atoms with E-state index in [4.69, 9.17) is 32.7 Å². The molecule has 14 heteroatoms. The van der Waals surface area contributed by atoms with Crippen molar-refractivity contribution in [1.29, 1.82) is 0 Å². The Morgan fingerprint density at radius 1 is 1.14 bits per heavy atom. The van der Waals surface area contributed by atoms with Crippen LogP contribution in [0, 0.1) is 6.92 Å². The van der Waals surface area contributed by atoms with Crippen LogP contribution >= 0.6 is 23.2 Å². The monoisotopic (exact) mass is 541 g/mol. The number of hydrogen-bond donors (Lipinski definition) is 0. The molecule has 2 atom stereocenters. The summed E-state index contributed by atoms with van der Waals surface area (Å²) in [6.07, 6.45) is 4.67. The molecule has 0 unspecified atom stereocenters. The Labute approximate surface area is 213 Å². The van der Waals surface area contributed by atoms with Gasteiger partial charge in [-0.3, -0.25) is 4.57 Å². The summed E-state index contributed by atoms with van der Waals surface area (Å²) in [6, 6.07) is 0. The quantitative estimate of drug-likeness (QED) is 0.371. The standard InChI is InChI=1S/C21H25Cl2N7O4S/c1-11-17(21(34-4)27-10-26-11)30-16(28-29-20(30)13-5-14(22)6-13)9-35(31,32)12(2)18(33-3)19-24-7-15(23)8-25-19/h7-8,10,12-14,18H,5-6,9H2,1-4H3/t12-,13?,14?,18-/m0/s1. The van der Waals surface area contributed by atoms with E-state index in [-0.39, 0.29) is 28.8 Å². The highest BCUT2D eigenvalue weighted by molar-refractivity contribution is 7.91. The fourth-order valence-corrected chi connectivity index (χ4v) is 5.97. The van der Waals surface area contributed by atoms with E-state index >= 15 is 0 Å². The van der Waals surface area contributed by atoms with Gasteiger partial charge in [0, 0.05) is 30.8 Å². The van der Waals surface area contributed by atoms with Crippen molar-refractivity contribution in [3.63, 3.8) is 0 Å². The predicted octanol–water partition coefficient (Wildman–Crippen LogP) is 2.99. The molecule has 0 bridgehead atoms. The van der Waals surface area contributed by atoms with E-state index < -0.39 is 26.9 Å². The highest BCUT2D eigenvalue weighted by atomic mass is 35.5. The maximum Gasteiger partial charge on any atom is 0.241 e. The van der Waals surface area contributed by atoms with Crippen LogP contribution in [-0.4, -0.2) is 68.0 Å². The van der Waals surface area contributed by atoms with Crippen LogP contribution in [0.3, 0.4) is 0 Å². The molecule has 1 fully saturated rings. The SMILES string of the molecule is COc1ncnc(C)c1-n1c(CS(=O)(=O)[C@@H](C)[C@H](OC)c2ncc(Cl)cn2)nnc1C1CC(Cl)C1. The third-order valence-corrected chi connectivity index (χ3v) is 8.65. The zero-order valence-electron chi connectivity index (χ0n) is 19.6. The lowest BCUT2D eigenvalue weighted by Crippen LogP contribution is -2.30. The first-order valence-electron chi connectivity index (χ1n) is 10.8. The van der Waals surface area contributed by atoms with Gasteiger partial charge < -0.3 is 9.47 Å². The summed E-state index contributed by atoms with van der Waals surface area (Å²) < 4.78 is 39.7. The first-order chi connectivity index (χ1) is 16.7. The van der Waals surface area contributed by atoms with E-state index in [2.05, 4.69) is 30.1 Å². The topological polar surface area (TPSA) is 135 Å². The van der Waals surface area contributed by atoms with Crippen molar-refractivity contribution in [3.05, 3.63) is 46.9 Å². The van der Waals surface area contributed by atoms with Crippen LogP contribution in [0.2, 0.25) is 5.02 Å². The summed E-state index contributed by atoms with van der Waals surface area (Å²) in [5.74, 6) is 0.928. The average Bonchev–Trinajstić information content (AvgIpc) is 3.19. The second-order valence-corrected chi connectivity index (χ2v) is 11.7. The number of aromatic nitrogens is 7. The number of nitrogens with zero attached hydrogens (tertiary/aromatic N) is 7. The zero-order valence-corrected chi connectivity index (χ0v) is 21.9. The fourth-order valence-electron chi connectivity index (χ4n) is 4.02. The molecule has 0 aliphatic heterocycles. The molecule has 0 amide bonds. The zero-order chi connectivity index (χ0) is 25.3. The van der Waals surface area contributed by atoms with Gasteiger partial charge in [0.1, 0.15) is 29.7 Å². The lowest BCUT2D eigenvalue weighted by molar-refractivity contribution is 0.0948. The number of methoxy groups -OCH3 is 2. The van der Waals surface area contributed by atoms with Gasteiger partial charge in [-0.05, 0) is 26.7 Å². The molecular weight excluding hydrogens is 517 g/mol. The Bertz CT molecular complexity index is 1300. The molecule has 11 nitrogen and oxygen atoms in total. The third-order valence-electron chi connectivity index (χ3n) is 6.06. The molecule has 3 aromatic heterocycles. The Hall–Kier alpha value is -2.41. The molecule has 3 heterocycles. The van der Waals surface area contributed by atoms with Gasteiger partial charge in [-0.1, -0.05) is 11.6 Å². The minimum atomic E-state index is -3.83. The maximum absolute atomic E-state index is 13.6. The molecule has 35 heavy (non-hydrogen) atoms. The summed E-state index contributed by atoms with van der Waals surface area (Å²) in [5.41, 5.74) is 1.09. The number of halogens is 2. The second kappa shape index (κ2) is 10.3. The van der Waals surface area contributed by atoms with Crippen molar-refractivity contribution >= 4 is 33.0 Å². The van der Waals surface area contributed by atoms with Crippen LogP contribution in [0.1, 0.15) is 55.0 Å². The van der Waals surface area contributed by atoms with Gasteiger partial charge in [-0.15, -0.1) is 21.8 Å². The van der Waals surface area contributed by atoms with E-state index in [9.17, 15) is 8.42 Å². The molecule has 1 aliphatic rings. The Morgan fingerprint density at radius 3 is 2.43 bits per heavy atom.